The predicted molar refractivity (Wildman–Crippen MR) is 98.9 cm³/mol. The lowest BCUT2D eigenvalue weighted by Gasteiger charge is -2.24. The number of carboxylic acid groups (broad SMARTS) is 1. The van der Waals surface area contributed by atoms with Gasteiger partial charge in [0.05, 0.1) is 0 Å². The second-order valence-electron chi connectivity index (χ2n) is 7.19. The van der Waals surface area contributed by atoms with Crippen LogP contribution in [0.5, 0.6) is 0 Å². The lowest BCUT2D eigenvalue weighted by molar-refractivity contribution is -0.131. The Morgan fingerprint density at radius 2 is 1.79 bits per heavy atom. The Kier molecular flexibility index (Phi) is 8.03. The summed E-state index contributed by atoms with van der Waals surface area (Å²) in [5.74, 6) is -0.197. The van der Waals surface area contributed by atoms with Crippen molar-refractivity contribution in [2.75, 3.05) is 0 Å². The molecule has 0 saturated heterocycles. The molecule has 3 heteroatoms. The van der Waals surface area contributed by atoms with Crippen molar-refractivity contribution < 1.29 is 9.90 Å². The minimum Gasteiger partial charge on any atom is -0.478 e. The second-order valence-corrected chi connectivity index (χ2v) is 7.19. The van der Waals surface area contributed by atoms with Gasteiger partial charge in [-0.25, -0.2) is 4.79 Å². The van der Waals surface area contributed by atoms with E-state index < -0.39 is 5.97 Å². The summed E-state index contributed by atoms with van der Waals surface area (Å²) in [5, 5.41) is 8.77. The molecule has 2 fully saturated rings. The zero-order valence-electron chi connectivity index (χ0n) is 14.6. The van der Waals surface area contributed by atoms with Gasteiger partial charge in [-0.05, 0) is 56.4 Å². The van der Waals surface area contributed by atoms with Crippen molar-refractivity contribution in [3.63, 3.8) is 0 Å². The Morgan fingerprint density at radius 3 is 2.38 bits per heavy atom. The molecule has 24 heavy (non-hydrogen) atoms. The molecule has 0 spiro atoms. The number of aliphatic carboxylic acids is 1. The first-order valence-electron chi connectivity index (χ1n) is 9.35. The molecule has 1 aromatic carbocycles. The largest absolute Gasteiger partial charge is 0.478 e. The van der Waals surface area contributed by atoms with Gasteiger partial charge in [0.1, 0.15) is 0 Å². The van der Waals surface area contributed by atoms with Crippen LogP contribution >= 0.6 is 0 Å². The van der Waals surface area contributed by atoms with E-state index in [2.05, 4.69) is 24.3 Å². The van der Waals surface area contributed by atoms with E-state index in [4.69, 9.17) is 10.8 Å². The monoisotopic (exact) mass is 329 g/mol. The zero-order chi connectivity index (χ0) is 17.2. The highest BCUT2D eigenvalue weighted by molar-refractivity contribution is 5.80. The smallest absolute Gasteiger partial charge is 0.328 e. The number of allylic oxidation sites excluding steroid dienone is 1. The van der Waals surface area contributed by atoms with Crippen molar-refractivity contribution in [1.82, 2.24) is 0 Å². The Morgan fingerprint density at radius 1 is 1.08 bits per heavy atom. The highest BCUT2D eigenvalue weighted by Gasteiger charge is 2.17. The van der Waals surface area contributed by atoms with E-state index >= 15 is 0 Å². The van der Waals surface area contributed by atoms with E-state index in [9.17, 15) is 4.79 Å². The van der Waals surface area contributed by atoms with Gasteiger partial charge in [-0.1, -0.05) is 55.2 Å². The summed E-state index contributed by atoms with van der Waals surface area (Å²) < 4.78 is 0. The Balaban J connectivity index is 0.000000249. The maximum Gasteiger partial charge on any atom is 0.328 e. The number of nitrogens with two attached hydrogens (primary N) is 1. The van der Waals surface area contributed by atoms with Crippen molar-refractivity contribution in [2.24, 2.45) is 11.7 Å². The van der Waals surface area contributed by atoms with Gasteiger partial charge in [-0.2, -0.15) is 0 Å². The van der Waals surface area contributed by atoms with Crippen LogP contribution in [0.15, 0.2) is 42.0 Å². The number of carbonyl (C=O) groups is 1. The lowest BCUT2D eigenvalue weighted by Crippen LogP contribution is -2.22. The fraction of sp³-hybridized carbons (Fsp3) is 0.571. The summed E-state index contributed by atoms with van der Waals surface area (Å²) in [6, 6.07) is 11.0. The van der Waals surface area contributed by atoms with E-state index in [1.165, 1.54) is 50.2 Å². The van der Waals surface area contributed by atoms with Crippen molar-refractivity contribution >= 4 is 5.97 Å². The van der Waals surface area contributed by atoms with Crippen molar-refractivity contribution in [3.05, 3.63) is 47.5 Å². The van der Waals surface area contributed by atoms with Crippen LogP contribution in [0.4, 0.5) is 0 Å². The average Bonchev–Trinajstić information content (AvgIpc) is 2.57. The van der Waals surface area contributed by atoms with E-state index in [0.29, 0.717) is 12.0 Å². The van der Waals surface area contributed by atoms with Gasteiger partial charge >= 0.3 is 5.97 Å². The molecule has 3 nitrogen and oxygen atoms in total. The molecular weight excluding hydrogens is 298 g/mol. The van der Waals surface area contributed by atoms with Gasteiger partial charge in [0.15, 0.2) is 0 Å². The molecule has 0 aromatic heterocycles. The number of hydrogen-bond acceptors (Lipinski definition) is 2. The van der Waals surface area contributed by atoms with E-state index in [-0.39, 0.29) is 0 Å². The van der Waals surface area contributed by atoms with Crippen molar-refractivity contribution in [2.45, 2.75) is 70.3 Å². The number of hydrogen-bond donors (Lipinski definition) is 2. The lowest BCUT2D eigenvalue weighted by atomic mass is 9.82. The summed E-state index contributed by atoms with van der Waals surface area (Å²) in [6.07, 6.45) is 13.4. The molecule has 0 amide bonds. The summed E-state index contributed by atoms with van der Waals surface area (Å²) in [6.45, 7) is 0. The van der Waals surface area contributed by atoms with Gasteiger partial charge in [-0.3, -0.25) is 0 Å². The van der Waals surface area contributed by atoms with Gasteiger partial charge in [0, 0.05) is 12.1 Å². The molecule has 2 aliphatic carbocycles. The van der Waals surface area contributed by atoms with E-state index in [1.54, 1.807) is 0 Å². The Hall–Kier alpha value is -1.61. The fourth-order valence-electron chi connectivity index (χ4n) is 3.75. The predicted octanol–water partition coefficient (Wildman–Crippen LogP) is 4.71. The van der Waals surface area contributed by atoms with Crippen molar-refractivity contribution in [1.29, 1.82) is 0 Å². The third-order valence-corrected chi connectivity index (χ3v) is 5.01. The Bertz CT molecular complexity index is 518. The van der Waals surface area contributed by atoms with Crippen LogP contribution in [-0.4, -0.2) is 17.1 Å². The number of benzene rings is 1. The molecule has 3 N–H and O–H groups in total. The van der Waals surface area contributed by atoms with Crippen LogP contribution in [0.2, 0.25) is 0 Å². The third-order valence-electron chi connectivity index (χ3n) is 5.01. The topological polar surface area (TPSA) is 63.3 Å². The van der Waals surface area contributed by atoms with Crippen LogP contribution in [0.1, 0.15) is 63.4 Å². The highest BCUT2D eigenvalue weighted by Crippen LogP contribution is 2.30. The minimum atomic E-state index is -0.805. The molecule has 1 aromatic rings. The van der Waals surface area contributed by atoms with E-state index in [1.807, 2.05) is 6.07 Å². The molecule has 0 aliphatic heterocycles. The minimum absolute atomic E-state index is 0.536. The second kappa shape index (κ2) is 10.3. The number of carboxylic acids is 1. The van der Waals surface area contributed by atoms with Crippen molar-refractivity contribution in [3.8, 4) is 0 Å². The van der Waals surface area contributed by atoms with Crippen LogP contribution < -0.4 is 5.73 Å². The zero-order valence-corrected chi connectivity index (χ0v) is 14.6. The molecular formula is C21H31NO2. The van der Waals surface area contributed by atoms with Crippen LogP contribution in [-0.2, 0) is 11.2 Å². The molecule has 2 aliphatic rings. The molecule has 3 rings (SSSR count). The fourth-order valence-corrected chi connectivity index (χ4v) is 3.75. The molecule has 132 valence electrons. The normalized spacial score (nSPS) is 23.4. The quantitative estimate of drug-likeness (QED) is 0.790. The molecule has 2 saturated carbocycles. The molecule has 0 bridgehead atoms. The standard InChI is InChI=1S/C15H18O2.C6H13N/c16-15(17)11-14-8-4-7-13(10-14)9-12-5-2-1-3-6-12;7-6-4-2-1-3-5-6/h1-3,5-6,11,13H,4,7-10H2,(H,16,17);6H,1-5,7H2/b14-11+;. The first kappa shape index (κ1) is 18.7. The van der Waals surface area contributed by atoms with Gasteiger partial charge in [0.25, 0.3) is 0 Å². The first-order valence-corrected chi connectivity index (χ1v) is 9.35. The number of rotatable bonds is 3. The van der Waals surface area contributed by atoms with E-state index in [0.717, 1.165) is 31.3 Å². The third kappa shape index (κ3) is 7.31. The highest BCUT2D eigenvalue weighted by atomic mass is 16.4. The summed E-state index contributed by atoms with van der Waals surface area (Å²) >= 11 is 0. The maximum absolute atomic E-state index is 10.7. The van der Waals surface area contributed by atoms with Gasteiger partial charge in [-0.15, -0.1) is 0 Å². The van der Waals surface area contributed by atoms with Crippen LogP contribution in [0.25, 0.3) is 0 Å². The molecule has 1 atom stereocenters. The summed E-state index contributed by atoms with van der Waals surface area (Å²) in [7, 11) is 0. The van der Waals surface area contributed by atoms with Gasteiger partial charge < -0.3 is 10.8 Å². The average molecular weight is 329 g/mol. The summed E-state index contributed by atoms with van der Waals surface area (Å²) in [4.78, 5) is 10.7. The molecule has 1 unspecified atom stereocenters. The maximum atomic E-state index is 10.7. The summed E-state index contributed by atoms with van der Waals surface area (Å²) in [5.41, 5.74) is 8.09. The molecule has 0 heterocycles. The first-order chi connectivity index (χ1) is 11.6. The van der Waals surface area contributed by atoms with Gasteiger partial charge in [0.2, 0.25) is 0 Å². The van der Waals surface area contributed by atoms with Crippen LogP contribution in [0, 0.1) is 5.92 Å². The Labute approximate surface area is 146 Å². The SMILES string of the molecule is NC1CCCCC1.O=C(O)/C=C1\CCCC(Cc2ccccc2)C1. The molecule has 0 radical (unpaired) electrons. The van der Waals surface area contributed by atoms with Crippen LogP contribution in [0.3, 0.4) is 0 Å².